The molecule has 0 aliphatic heterocycles. The fourth-order valence-electron chi connectivity index (χ4n) is 3.16. The molecule has 2 aliphatic carbocycles. The van der Waals surface area contributed by atoms with Gasteiger partial charge in [0.15, 0.2) is 11.4 Å². The lowest BCUT2D eigenvalue weighted by Crippen LogP contribution is -2.57. The molecular weight excluding hydrogens is 204 g/mol. The first-order valence-corrected chi connectivity index (χ1v) is 6.07. The Kier molecular flexibility index (Phi) is 2.93. The van der Waals surface area contributed by atoms with Crippen molar-refractivity contribution in [3.05, 3.63) is 11.6 Å². The summed E-state index contributed by atoms with van der Waals surface area (Å²) in [5.41, 5.74) is -1.31. The molecule has 0 bridgehead atoms. The highest BCUT2D eigenvalue weighted by Gasteiger charge is 2.59. The zero-order valence-corrected chi connectivity index (χ0v) is 10.1. The highest BCUT2D eigenvalue weighted by molar-refractivity contribution is 6.02. The number of ketones is 1. The van der Waals surface area contributed by atoms with Gasteiger partial charge in [0.1, 0.15) is 5.60 Å². The Morgan fingerprint density at radius 1 is 1.25 bits per heavy atom. The molecule has 1 fully saturated rings. The quantitative estimate of drug-likeness (QED) is 0.741. The van der Waals surface area contributed by atoms with E-state index in [1.807, 2.05) is 6.92 Å². The second-order valence-corrected chi connectivity index (χ2v) is 5.00. The van der Waals surface area contributed by atoms with Crippen LogP contribution in [0.2, 0.25) is 0 Å². The minimum Gasteiger partial charge on any atom is -0.382 e. The molecule has 3 heteroatoms. The molecule has 0 heterocycles. The van der Waals surface area contributed by atoms with E-state index in [0.717, 1.165) is 31.3 Å². The van der Waals surface area contributed by atoms with Gasteiger partial charge in [-0.2, -0.15) is 0 Å². The monoisotopic (exact) mass is 224 g/mol. The van der Waals surface area contributed by atoms with Crippen LogP contribution in [0.15, 0.2) is 11.6 Å². The molecule has 0 amide bonds. The Balaban J connectivity index is 2.42. The van der Waals surface area contributed by atoms with E-state index < -0.39 is 11.2 Å². The molecule has 0 aromatic rings. The Morgan fingerprint density at radius 2 is 1.88 bits per heavy atom. The lowest BCUT2D eigenvalue weighted by molar-refractivity contribution is -0.169. The van der Waals surface area contributed by atoms with Gasteiger partial charge in [-0.3, -0.25) is 4.79 Å². The SMILES string of the molecule is CO[C@@]12CCCCCC[C@@]1(O)C(C)=CC2=O. The zero-order chi connectivity index (χ0) is 11.8. The molecule has 1 N–H and O–H groups in total. The van der Waals surface area contributed by atoms with E-state index >= 15 is 0 Å². The van der Waals surface area contributed by atoms with E-state index in [1.165, 1.54) is 7.11 Å². The van der Waals surface area contributed by atoms with Crippen molar-refractivity contribution in [1.82, 2.24) is 0 Å². The maximum Gasteiger partial charge on any atom is 0.190 e. The van der Waals surface area contributed by atoms with E-state index in [9.17, 15) is 9.90 Å². The number of fused-ring (bicyclic) bond motifs is 1. The van der Waals surface area contributed by atoms with Crippen LogP contribution in [-0.2, 0) is 9.53 Å². The zero-order valence-electron chi connectivity index (χ0n) is 10.1. The van der Waals surface area contributed by atoms with Gasteiger partial charge in [0.05, 0.1) is 0 Å². The number of carbonyl (C=O) groups excluding carboxylic acids is 1. The second-order valence-electron chi connectivity index (χ2n) is 5.00. The topological polar surface area (TPSA) is 46.5 Å². The van der Waals surface area contributed by atoms with Crippen LogP contribution >= 0.6 is 0 Å². The minimum atomic E-state index is -1.07. The molecule has 2 rings (SSSR count). The van der Waals surface area contributed by atoms with Gasteiger partial charge in [0.25, 0.3) is 0 Å². The van der Waals surface area contributed by atoms with Crippen molar-refractivity contribution in [2.45, 2.75) is 56.7 Å². The van der Waals surface area contributed by atoms with Gasteiger partial charge in [-0.25, -0.2) is 0 Å². The first-order valence-electron chi connectivity index (χ1n) is 6.07. The number of ether oxygens (including phenoxy) is 1. The predicted molar refractivity (Wildman–Crippen MR) is 61.2 cm³/mol. The van der Waals surface area contributed by atoms with Gasteiger partial charge in [0.2, 0.25) is 0 Å². The summed E-state index contributed by atoms with van der Waals surface area (Å²) in [5.74, 6) is -0.0584. The van der Waals surface area contributed by atoms with Crippen LogP contribution < -0.4 is 0 Å². The lowest BCUT2D eigenvalue weighted by Gasteiger charge is -2.42. The largest absolute Gasteiger partial charge is 0.382 e. The van der Waals surface area contributed by atoms with Crippen LogP contribution in [0.5, 0.6) is 0 Å². The molecule has 3 nitrogen and oxygen atoms in total. The Hall–Kier alpha value is -0.670. The fraction of sp³-hybridized carbons (Fsp3) is 0.769. The summed E-state index contributed by atoms with van der Waals surface area (Å²) >= 11 is 0. The van der Waals surface area contributed by atoms with Gasteiger partial charge in [-0.05, 0) is 37.8 Å². The summed E-state index contributed by atoms with van der Waals surface area (Å²) in [4.78, 5) is 12.1. The fourth-order valence-corrected chi connectivity index (χ4v) is 3.16. The molecule has 2 atom stereocenters. The molecule has 90 valence electrons. The first kappa shape index (κ1) is 11.8. The number of aliphatic hydroxyl groups is 1. The maximum absolute atomic E-state index is 12.1. The Bertz CT molecular complexity index is 334. The molecular formula is C13H20O3. The van der Waals surface area contributed by atoms with E-state index in [-0.39, 0.29) is 5.78 Å². The van der Waals surface area contributed by atoms with Crippen molar-refractivity contribution in [3.8, 4) is 0 Å². The van der Waals surface area contributed by atoms with E-state index in [1.54, 1.807) is 6.08 Å². The molecule has 2 aliphatic rings. The van der Waals surface area contributed by atoms with Crippen LogP contribution in [0.1, 0.15) is 45.4 Å². The summed E-state index contributed by atoms with van der Waals surface area (Å²) in [5, 5.41) is 10.8. The van der Waals surface area contributed by atoms with Crippen LogP contribution in [0.4, 0.5) is 0 Å². The Morgan fingerprint density at radius 3 is 2.50 bits per heavy atom. The average molecular weight is 224 g/mol. The molecule has 0 aromatic heterocycles. The minimum absolute atomic E-state index is 0.0584. The Labute approximate surface area is 96.5 Å². The van der Waals surface area contributed by atoms with Crippen LogP contribution in [-0.4, -0.2) is 29.2 Å². The highest BCUT2D eigenvalue weighted by atomic mass is 16.5. The van der Waals surface area contributed by atoms with Crippen molar-refractivity contribution in [3.63, 3.8) is 0 Å². The molecule has 0 saturated heterocycles. The summed E-state index contributed by atoms with van der Waals surface area (Å²) in [6, 6.07) is 0. The van der Waals surface area contributed by atoms with E-state index in [0.29, 0.717) is 12.8 Å². The van der Waals surface area contributed by atoms with Crippen LogP contribution in [0, 0.1) is 0 Å². The number of hydrogen-bond acceptors (Lipinski definition) is 3. The molecule has 0 aromatic carbocycles. The van der Waals surface area contributed by atoms with Crippen molar-refractivity contribution in [2.75, 3.05) is 7.11 Å². The second kappa shape index (κ2) is 3.97. The van der Waals surface area contributed by atoms with Gasteiger partial charge in [-0.1, -0.05) is 19.3 Å². The highest BCUT2D eigenvalue weighted by Crippen LogP contribution is 2.47. The van der Waals surface area contributed by atoms with Gasteiger partial charge >= 0.3 is 0 Å². The smallest absolute Gasteiger partial charge is 0.190 e. The molecule has 1 saturated carbocycles. The summed E-state index contributed by atoms with van der Waals surface area (Å²) in [6.45, 7) is 1.83. The maximum atomic E-state index is 12.1. The number of methoxy groups -OCH3 is 1. The first-order chi connectivity index (χ1) is 7.57. The molecule has 16 heavy (non-hydrogen) atoms. The predicted octanol–water partition coefficient (Wildman–Crippen LogP) is 1.99. The van der Waals surface area contributed by atoms with Crippen molar-refractivity contribution < 1.29 is 14.6 Å². The molecule has 0 spiro atoms. The van der Waals surface area contributed by atoms with Gasteiger partial charge in [-0.15, -0.1) is 0 Å². The lowest BCUT2D eigenvalue weighted by atomic mass is 9.73. The number of rotatable bonds is 1. The number of carbonyl (C=O) groups is 1. The van der Waals surface area contributed by atoms with E-state index in [4.69, 9.17) is 4.74 Å². The van der Waals surface area contributed by atoms with Crippen LogP contribution in [0.3, 0.4) is 0 Å². The molecule has 0 radical (unpaired) electrons. The third kappa shape index (κ3) is 1.38. The average Bonchev–Trinajstić information content (AvgIpc) is 2.40. The third-order valence-electron chi connectivity index (χ3n) is 4.23. The molecule has 0 unspecified atom stereocenters. The summed E-state index contributed by atoms with van der Waals surface area (Å²) < 4.78 is 5.47. The third-order valence-corrected chi connectivity index (χ3v) is 4.23. The van der Waals surface area contributed by atoms with Crippen molar-refractivity contribution in [2.24, 2.45) is 0 Å². The standard InChI is InChI=1S/C13H20O3/c1-10-9-11(14)13(16-2)8-6-4-3-5-7-12(10,13)15/h9,15H,3-8H2,1-2H3/t12-,13-/m1/s1. The van der Waals surface area contributed by atoms with Gasteiger partial charge in [0, 0.05) is 7.11 Å². The van der Waals surface area contributed by atoms with E-state index in [2.05, 4.69) is 0 Å². The van der Waals surface area contributed by atoms with Crippen LogP contribution in [0.25, 0.3) is 0 Å². The summed E-state index contributed by atoms with van der Waals surface area (Å²) in [7, 11) is 1.54. The van der Waals surface area contributed by atoms with Crippen molar-refractivity contribution in [1.29, 1.82) is 0 Å². The van der Waals surface area contributed by atoms with Gasteiger partial charge < -0.3 is 9.84 Å². The van der Waals surface area contributed by atoms with Crippen molar-refractivity contribution >= 4 is 5.78 Å². The normalized spacial score (nSPS) is 39.9. The summed E-state index contributed by atoms with van der Waals surface area (Å²) in [6.07, 6.45) is 6.98. The number of hydrogen-bond donors (Lipinski definition) is 1.